The number of hydrogen-bond acceptors (Lipinski definition) is 2. The summed E-state index contributed by atoms with van der Waals surface area (Å²) in [6, 6.07) is 14.5. The van der Waals surface area contributed by atoms with Crippen molar-refractivity contribution in [2.45, 2.75) is 6.54 Å². The molecule has 23 heavy (non-hydrogen) atoms. The third kappa shape index (κ3) is 5.10. The molecule has 2 N–H and O–H groups in total. The number of nitrogens with one attached hydrogen (secondary N) is 2. The maximum Gasteiger partial charge on any atom is 0.271 e. The number of amides is 1. The zero-order valence-electron chi connectivity index (χ0n) is 12.3. The Morgan fingerprint density at radius 1 is 1.17 bits per heavy atom. The van der Waals surface area contributed by atoms with Crippen molar-refractivity contribution in [3.8, 4) is 0 Å². The van der Waals surface area contributed by atoms with E-state index in [0.29, 0.717) is 22.2 Å². The third-order valence-electron chi connectivity index (χ3n) is 3.04. The molecule has 0 aliphatic rings. The summed E-state index contributed by atoms with van der Waals surface area (Å²) in [5.41, 5.74) is 4.08. The van der Waals surface area contributed by atoms with Crippen LogP contribution in [-0.4, -0.2) is 23.1 Å². The molecule has 0 spiro atoms. The summed E-state index contributed by atoms with van der Waals surface area (Å²) >= 11 is 17.1. The van der Waals surface area contributed by atoms with Crippen LogP contribution in [0.4, 0.5) is 0 Å². The standard InChI is InChI=1S/C16H15Cl2N3OS/c1-21(16(23)19-10-11-5-3-2-4-6-11)20-15(22)13-8-7-12(17)9-14(13)18/h2-9H,10H2,1H3,(H,19,23)(H,20,22). The van der Waals surface area contributed by atoms with Crippen molar-refractivity contribution in [3.05, 3.63) is 69.7 Å². The van der Waals surface area contributed by atoms with Gasteiger partial charge in [0.05, 0.1) is 10.6 Å². The van der Waals surface area contributed by atoms with Crippen LogP contribution in [0, 0.1) is 0 Å². The Morgan fingerprint density at radius 3 is 2.52 bits per heavy atom. The van der Waals surface area contributed by atoms with Crippen LogP contribution in [0.25, 0.3) is 0 Å². The van der Waals surface area contributed by atoms with Crippen molar-refractivity contribution < 1.29 is 4.79 Å². The monoisotopic (exact) mass is 367 g/mol. The van der Waals surface area contributed by atoms with Gasteiger partial charge in [0, 0.05) is 18.6 Å². The Bertz CT molecular complexity index is 710. The highest BCUT2D eigenvalue weighted by Crippen LogP contribution is 2.20. The number of nitrogens with zero attached hydrogens (tertiary/aromatic N) is 1. The van der Waals surface area contributed by atoms with E-state index < -0.39 is 0 Å². The highest BCUT2D eigenvalue weighted by atomic mass is 35.5. The molecule has 120 valence electrons. The molecule has 0 saturated carbocycles. The zero-order valence-corrected chi connectivity index (χ0v) is 14.7. The minimum atomic E-state index is -0.363. The minimum Gasteiger partial charge on any atom is -0.357 e. The average molecular weight is 368 g/mol. The maximum atomic E-state index is 12.2. The largest absolute Gasteiger partial charge is 0.357 e. The highest BCUT2D eigenvalue weighted by Gasteiger charge is 2.13. The summed E-state index contributed by atoms with van der Waals surface area (Å²) in [5.74, 6) is -0.363. The van der Waals surface area contributed by atoms with E-state index >= 15 is 0 Å². The second kappa shape index (κ2) is 8.15. The summed E-state index contributed by atoms with van der Waals surface area (Å²) in [6.45, 7) is 0.571. The maximum absolute atomic E-state index is 12.2. The first kappa shape index (κ1) is 17.5. The fraction of sp³-hybridized carbons (Fsp3) is 0.125. The smallest absolute Gasteiger partial charge is 0.271 e. The van der Waals surface area contributed by atoms with Crippen molar-refractivity contribution in [2.24, 2.45) is 0 Å². The zero-order chi connectivity index (χ0) is 16.8. The van der Waals surface area contributed by atoms with E-state index in [2.05, 4.69) is 10.7 Å². The van der Waals surface area contributed by atoms with Crippen LogP contribution in [0.3, 0.4) is 0 Å². The molecule has 0 radical (unpaired) electrons. The Balaban J connectivity index is 1.91. The summed E-state index contributed by atoms with van der Waals surface area (Å²) in [4.78, 5) is 12.2. The van der Waals surface area contributed by atoms with Crippen molar-refractivity contribution in [3.63, 3.8) is 0 Å². The third-order valence-corrected chi connectivity index (χ3v) is 4.00. The lowest BCUT2D eigenvalue weighted by molar-refractivity contribution is 0.0886. The van der Waals surface area contributed by atoms with E-state index in [9.17, 15) is 4.79 Å². The first-order valence-electron chi connectivity index (χ1n) is 6.79. The lowest BCUT2D eigenvalue weighted by Crippen LogP contribution is -2.47. The van der Waals surface area contributed by atoms with Gasteiger partial charge in [-0.25, -0.2) is 0 Å². The second-order valence-electron chi connectivity index (χ2n) is 4.77. The van der Waals surface area contributed by atoms with Gasteiger partial charge >= 0.3 is 0 Å². The topological polar surface area (TPSA) is 44.4 Å². The molecule has 2 aromatic carbocycles. The molecule has 2 aromatic rings. The van der Waals surface area contributed by atoms with Crippen LogP contribution in [0.1, 0.15) is 15.9 Å². The SMILES string of the molecule is CN(NC(=O)c1ccc(Cl)cc1Cl)C(=S)NCc1ccccc1. The predicted molar refractivity (Wildman–Crippen MR) is 97.6 cm³/mol. The summed E-state index contributed by atoms with van der Waals surface area (Å²) in [7, 11) is 1.65. The normalized spacial score (nSPS) is 10.0. The number of benzene rings is 2. The Hall–Kier alpha value is -1.82. The van der Waals surface area contributed by atoms with E-state index in [1.165, 1.54) is 11.1 Å². The quantitative estimate of drug-likeness (QED) is 0.641. The summed E-state index contributed by atoms with van der Waals surface area (Å²) in [5, 5.41) is 5.66. The van der Waals surface area contributed by atoms with Gasteiger partial charge in [-0.05, 0) is 36.0 Å². The van der Waals surface area contributed by atoms with Gasteiger partial charge in [-0.15, -0.1) is 0 Å². The fourth-order valence-electron chi connectivity index (χ4n) is 1.83. The van der Waals surface area contributed by atoms with Gasteiger partial charge in [-0.1, -0.05) is 53.5 Å². The lowest BCUT2D eigenvalue weighted by atomic mass is 10.2. The van der Waals surface area contributed by atoms with Crippen molar-refractivity contribution in [2.75, 3.05) is 7.05 Å². The van der Waals surface area contributed by atoms with Gasteiger partial charge in [0.15, 0.2) is 5.11 Å². The molecule has 1 amide bonds. The molecule has 0 aliphatic carbocycles. The molecule has 0 heterocycles. The molecule has 0 saturated heterocycles. The number of halogens is 2. The number of carbonyl (C=O) groups excluding carboxylic acids is 1. The van der Waals surface area contributed by atoms with Crippen LogP contribution in [0.5, 0.6) is 0 Å². The molecule has 0 unspecified atom stereocenters. The molecule has 0 aromatic heterocycles. The molecule has 4 nitrogen and oxygen atoms in total. The van der Waals surface area contributed by atoms with Gasteiger partial charge in [0.25, 0.3) is 5.91 Å². The van der Waals surface area contributed by atoms with Gasteiger partial charge in [-0.2, -0.15) is 0 Å². The first-order valence-corrected chi connectivity index (χ1v) is 7.95. The second-order valence-corrected chi connectivity index (χ2v) is 6.00. The van der Waals surface area contributed by atoms with Crippen LogP contribution in [0.15, 0.2) is 48.5 Å². The van der Waals surface area contributed by atoms with Crippen molar-refractivity contribution >= 4 is 46.4 Å². The summed E-state index contributed by atoms with van der Waals surface area (Å²) in [6.07, 6.45) is 0. The molecule has 2 rings (SSSR count). The van der Waals surface area contributed by atoms with Crippen LogP contribution < -0.4 is 10.7 Å². The van der Waals surface area contributed by atoms with Gasteiger partial charge in [-0.3, -0.25) is 15.2 Å². The average Bonchev–Trinajstić information content (AvgIpc) is 2.53. The van der Waals surface area contributed by atoms with Crippen LogP contribution in [0.2, 0.25) is 10.0 Å². The van der Waals surface area contributed by atoms with Gasteiger partial charge in [0.2, 0.25) is 0 Å². The van der Waals surface area contributed by atoms with E-state index in [1.54, 1.807) is 19.2 Å². The molecule has 0 fully saturated rings. The molecule has 0 atom stereocenters. The Morgan fingerprint density at radius 2 is 1.87 bits per heavy atom. The molecule has 0 bridgehead atoms. The minimum absolute atomic E-state index is 0.284. The summed E-state index contributed by atoms with van der Waals surface area (Å²) < 4.78 is 0. The van der Waals surface area contributed by atoms with E-state index in [0.717, 1.165) is 5.56 Å². The molecular formula is C16H15Cl2N3OS. The molecule has 0 aliphatic heterocycles. The Labute approximate surface area is 150 Å². The molecular weight excluding hydrogens is 353 g/mol. The number of hydrogen-bond donors (Lipinski definition) is 2. The highest BCUT2D eigenvalue weighted by molar-refractivity contribution is 7.80. The van der Waals surface area contributed by atoms with E-state index in [4.69, 9.17) is 35.4 Å². The number of hydrazine groups is 1. The van der Waals surface area contributed by atoms with E-state index in [-0.39, 0.29) is 10.9 Å². The lowest BCUT2D eigenvalue weighted by Gasteiger charge is -2.22. The predicted octanol–water partition coefficient (Wildman–Crippen LogP) is 3.64. The van der Waals surface area contributed by atoms with Gasteiger partial charge in [0.1, 0.15) is 0 Å². The first-order chi connectivity index (χ1) is 11.0. The Kier molecular flexibility index (Phi) is 6.21. The van der Waals surface area contributed by atoms with Crippen molar-refractivity contribution in [1.29, 1.82) is 0 Å². The number of carbonyl (C=O) groups is 1. The van der Waals surface area contributed by atoms with Crippen molar-refractivity contribution in [1.82, 2.24) is 15.8 Å². The fourth-order valence-corrected chi connectivity index (χ4v) is 2.44. The van der Waals surface area contributed by atoms with Gasteiger partial charge < -0.3 is 5.32 Å². The van der Waals surface area contributed by atoms with E-state index in [1.807, 2.05) is 30.3 Å². The number of rotatable bonds is 3. The van der Waals surface area contributed by atoms with Crippen LogP contribution in [-0.2, 0) is 6.54 Å². The van der Waals surface area contributed by atoms with Crippen LogP contribution >= 0.6 is 35.4 Å². The number of thiocarbonyl (C=S) groups is 1. The molecule has 7 heteroatoms.